The van der Waals surface area contributed by atoms with Crippen molar-refractivity contribution in [2.24, 2.45) is 5.73 Å². The highest BCUT2D eigenvalue weighted by atomic mass is 16.4. The first kappa shape index (κ1) is 14.3. The molecular formula is C16H22N2O3. The normalized spacial score (nSPS) is 23.0. The summed E-state index contributed by atoms with van der Waals surface area (Å²) >= 11 is 0. The van der Waals surface area contributed by atoms with Gasteiger partial charge in [0.2, 0.25) is 0 Å². The Morgan fingerprint density at radius 1 is 1.33 bits per heavy atom. The van der Waals surface area contributed by atoms with Gasteiger partial charge < -0.3 is 15.1 Å². The highest BCUT2D eigenvalue weighted by Crippen LogP contribution is 2.36. The number of carbonyl (C=O) groups excluding carboxylic acids is 1. The molecule has 5 nitrogen and oxygen atoms in total. The van der Waals surface area contributed by atoms with E-state index in [2.05, 4.69) is 0 Å². The summed E-state index contributed by atoms with van der Waals surface area (Å²) in [6.45, 7) is 2.99. The number of hydrogen-bond donors (Lipinski definition) is 1. The van der Waals surface area contributed by atoms with Crippen LogP contribution in [0.4, 0.5) is 0 Å². The number of rotatable bonds is 2. The molecule has 1 amide bonds. The Bertz CT molecular complexity index is 604. The molecule has 1 aliphatic carbocycles. The van der Waals surface area contributed by atoms with Crippen LogP contribution in [0.2, 0.25) is 0 Å². The fraction of sp³-hybridized carbons (Fsp3) is 0.625. The van der Waals surface area contributed by atoms with Crippen molar-refractivity contribution in [2.75, 3.05) is 13.1 Å². The summed E-state index contributed by atoms with van der Waals surface area (Å²) in [6, 6.07) is 1.87. The van der Waals surface area contributed by atoms with E-state index in [1.54, 1.807) is 4.90 Å². The van der Waals surface area contributed by atoms with Crippen LogP contribution in [0, 0.1) is 6.92 Å². The highest BCUT2D eigenvalue weighted by Gasteiger charge is 2.28. The molecule has 1 saturated carbocycles. The van der Waals surface area contributed by atoms with Gasteiger partial charge in [0.05, 0.1) is 0 Å². The van der Waals surface area contributed by atoms with Crippen LogP contribution in [0.15, 0.2) is 15.3 Å². The van der Waals surface area contributed by atoms with E-state index in [0.29, 0.717) is 19.0 Å². The molecule has 1 aromatic heterocycles. The van der Waals surface area contributed by atoms with Crippen molar-refractivity contribution >= 4 is 5.91 Å². The molecule has 0 aromatic carbocycles. The van der Waals surface area contributed by atoms with Crippen molar-refractivity contribution in [3.05, 3.63) is 33.4 Å². The maximum Gasteiger partial charge on any atom is 0.349 e. The fourth-order valence-electron chi connectivity index (χ4n) is 3.14. The van der Waals surface area contributed by atoms with Gasteiger partial charge in [0.1, 0.15) is 11.3 Å². The van der Waals surface area contributed by atoms with E-state index < -0.39 is 5.63 Å². The molecule has 2 heterocycles. The van der Waals surface area contributed by atoms with Gasteiger partial charge in [-0.25, -0.2) is 4.79 Å². The number of aryl methyl sites for hydroxylation is 1. The summed E-state index contributed by atoms with van der Waals surface area (Å²) in [5.74, 6) is 0.844. The van der Waals surface area contributed by atoms with Gasteiger partial charge in [-0.05, 0) is 44.2 Å². The van der Waals surface area contributed by atoms with Crippen molar-refractivity contribution < 1.29 is 9.21 Å². The van der Waals surface area contributed by atoms with Crippen LogP contribution in [0.1, 0.15) is 59.7 Å². The SMILES string of the molecule is Cc1cc(C2CCC2)oc(=O)c1C(=O)N1CCCC(N)C1. The Balaban J connectivity index is 1.87. The van der Waals surface area contributed by atoms with Gasteiger partial charge >= 0.3 is 5.63 Å². The maximum atomic E-state index is 12.6. The van der Waals surface area contributed by atoms with Gasteiger partial charge in [0.15, 0.2) is 0 Å². The van der Waals surface area contributed by atoms with Crippen molar-refractivity contribution in [1.29, 1.82) is 0 Å². The number of amides is 1. The number of hydrogen-bond acceptors (Lipinski definition) is 4. The Morgan fingerprint density at radius 2 is 2.10 bits per heavy atom. The van der Waals surface area contributed by atoms with Gasteiger partial charge in [-0.1, -0.05) is 6.42 Å². The Morgan fingerprint density at radius 3 is 2.67 bits per heavy atom. The van der Waals surface area contributed by atoms with E-state index in [4.69, 9.17) is 10.2 Å². The van der Waals surface area contributed by atoms with E-state index in [0.717, 1.165) is 37.0 Å². The quantitative estimate of drug-likeness (QED) is 0.900. The van der Waals surface area contributed by atoms with Crippen molar-refractivity contribution in [2.45, 2.75) is 51.0 Å². The summed E-state index contributed by atoms with van der Waals surface area (Å²) < 4.78 is 5.40. The largest absolute Gasteiger partial charge is 0.427 e. The predicted octanol–water partition coefficient (Wildman–Crippen LogP) is 1.78. The van der Waals surface area contributed by atoms with Gasteiger partial charge in [-0.15, -0.1) is 0 Å². The van der Waals surface area contributed by atoms with E-state index in [1.165, 1.54) is 6.42 Å². The van der Waals surface area contributed by atoms with E-state index in [-0.39, 0.29) is 17.5 Å². The summed E-state index contributed by atoms with van der Waals surface area (Å²) in [4.78, 5) is 26.5. The second-order valence-corrected chi connectivity index (χ2v) is 6.28. The zero-order valence-corrected chi connectivity index (χ0v) is 12.4. The van der Waals surface area contributed by atoms with Gasteiger partial charge in [0.25, 0.3) is 5.91 Å². The molecule has 114 valence electrons. The first-order chi connectivity index (χ1) is 10.1. The lowest BCUT2D eigenvalue weighted by atomic mass is 9.83. The molecule has 1 atom stereocenters. The third kappa shape index (κ3) is 2.75. The molecule has 2 fully saturated rings. The maximum absolute atomic E-state index is 12.6. The van der Waals surface area contributed by atoms with Gasteiger partial charge in [0, 0.05) is 25.0 Å². The van der Waals surface area contributed by atoms with Gasteiger partial charge in [-0.2, -0.15) is 0 Å². The van der Waals surface area contributed by atoms with E-state index in [1.807, 2.05) is 13.0 Å². The zero-order chi connectivity index (χ0) is 15.0. The fourth-order valence-corrected chi connectivity index (χ4v) is 3.14. The minimum Gasteiger partial charge on any atom is -0.427 e. The average Bonchev–Trinajstić information content (AvgIpc) is 2.35. The summed E-state index contributed by atoms with van der Waals surface area (Å²) in [5, 5.41) is 0. The Labute approximate surface area is 124 Å². The van der Waals surface area contributed by atoms with Crippen LogP contribution >= 0.6 is 0 Å². The predicted molar refractivity (Wildman–Crippen MR) is 79.4 cm³/mol. The second-order valence-electron chi connectivity index (χ2n) is 6.28. The number of nitrogens with zero attached hydrogens (tertiary/aromatic N) is 1. The first-order valence-electron chi connectivity index (χ1n) is 7.75. The standard InChI is InChI=1S/C16H22N2O3/c1-10-8-13(11-4-2-5-11)21-16(20)14(10)15(19)18-7-3-6-12(17)9-18/h8,11-12H,2-7,9,17H2,1H3. The molecule has 0 radical (unpaired) electrons. The molecule has 21 heavy (non-hydrogen) atoms. The molecule has 2 aliphatic rings. The Kier molecular flexibility index (Phi) is 3.85. The molecule has 3 rings (SSSR count). The van der Waals surface area contributed by atoms with Gasteiger partial charge in [-0.3, -0.25) is 4.79 Å². The smallest absolute Gasteiger partial charge is 0.349 e. The minimum atomic E-state index is -0.499. The molecule has 2 N–H and O–H groups in total. The molecular weight excluding hydrogens is 268 g/mol. The van der Waals surface area contributed by atoms with E-state index >= 15 is 0 Å². The zero-order valence-electron chi connectivity index (χ0n) is 12.4. The summed E-state index contributed by atoms with van der Waals surface area (Å²) in [7, 11) is 0. The highest BCUT2D eigenvalue weighted by molar-refractivity contribution is 5.95. The number of nitrogens with two attached hydrogens (primary N) is 1. The van der Waals surface area contributed by atoms with Crippen LogP contribution in [0.3, 0.4) is 0 Å². The van der Waals surface area contributed by atoms with Crippen LogP contribution in [0.25, 0.3) is 0 Å². The molecule has 1 saturated heterocycles. The Hall–Kier alpha value is -1.62. The molecule has 1 aromatic rings. The first-order valence-corrected chi connectivity index (χ1v) is 7.75. The second kappa shape index (κ2) is 5.64. The summed E-state index contributed by atoms with van der Waals surface area (Å²) in [6.07, 6.45) is 5.13. The van der Waals surface area contributed by atoms with Crippen molar-refractivity contribution in [3.63, 3.8) is 0 Å². The van der Waals surface area contributed by atoms with Crippen molar-refractivity contribution in [1.82, 2.24) is 4.90 Å². The minimum absolute atomic E-state index is 0.00398. The van der Waals surface area contributed by atoms with Crippen LogP contribution in [-0.2, 0) is 0 Å². The number of carbonyl (C=O) groups is 1. The lowest BCUT2D eigenvalue weighted by Gasteiger charge is -2.31. The monoisotopic (exact) mass is 290 g/mol. The molecule has 1 aliphatic heterocycles. The lowest BCUT2D eigenvalue weighted by molar-refractivity contribution is 0.0702. The van der Waals surface area contributed by atoms with Crippen molar-refractivity contribution in [3.8, 4) is 0 Å². The third-order valence-corrected chi connectivity index (χ3v) is 4.63. The summed E-state index contributed by atoms with van der Waals surface area (Å²) in [5.41, 5.74) is 6.31. The average molecular weight is 290 g/mol. The van der Waals surface area contributed by atoms with Crippen LogP contribution < -0.4 is 11.4 Å². The third-order valence-electron chi connectivity index (χ3n) is 4.63. The number of piperidine rings is 1. The lowest BCUT2D eigenvalue weighted by Crippen LogP contribution is -2.47. The number of likely N-dealkylation sites (tertiary alicyclic amines) is 1. The van der Waals surface area contributed by atoms with Crippen LogP contribution in [0.5, 0.6) is 0 Å². The molecule has 0 spiro atoms. The van der Waals surface area contributed by atoms with E-state index in [9.17, 15) is 9.59 Å². The molecule has 1 unspecified atom stereocenters. The molecule has 0 bridgehead atoms. The van der Waals surface area contributed by atoms with Crippen LogP contribution in [-0.4, -0.2) is 29.9 Å². The topological polar surface area (TPSA) is 76.5 Å². The molecule has 5 heteroatoms.